The summed E-state index contributed by atoms with van der Waals surface area (Å²) in [7, 11) is 0. The number of hydrazone groups is 1. The van der Waals surface area contributed by atoms with Gasteiger partial charge in [-0.1, -0.05) is 24.3 Å². The molecule has 1 heterocycles. The van der Waals surface area contributed by atoms with Gasteiger partial charge in [0.05, 0.1) is 19.4 Å². The van der Waals surface area contributed by atoms with Gasteiger partial charge in [-0.2, -0.15) is 5.10 Å². The van der Waals surface area contributed by atoms with Gasteiger partial charge < -0.3 is 14.8 Å². The molecule has 160 valence electrons. The van der Waals surface area contributed by atoms with Crippen LogP contribution in [0.5, 0.6) is 11.5 Å². The van der Waals surface area contributed by atoms with Gasteiger partial charge in [-0.25, -0.2) is 10.2 Å². The van der Waals surface area contributed by atoms with Crippen LogP contribution < -0.4 is 20.2 Å². The quantitative estimate of drug-likeness (QED) is 0.226. The number of para-hydroxylation sites is 1. The number of esters is 1. The van der Waals surface area contributed by atoms with E-state index in [-0.39, 0.29) is 12.5 Å². The highest BCUT2D eigenvalue weighted by atomic mass is 32.1. The molecule has 0 saturated heterocycles. The number of anilines is 1. The van der Waals surface area contributed by atoms with Crippen molar-refractivity contribution in [1.29, 1.82) is 0 Å². The van der Waals surface area contributed by atoms with Crippen molar-refractivity contribution in [2.75, 3.05) is 18.5 Å². The number of rotatable bonds is 9. The lowest BCUT2D eigenvalue weighted by Gasteiger charge is -2.11. The standard InChI is InChI=1S/C23H23N3O4S/c1-3-29-20-13-17(10-11-19(20)30-23(28)21-9-6-12-31-21)14-25-26-22(27)15-24-18-8-5-4-7-16(18)2/h4-14,24H,3,15H2,1-2H3,(H,26,27). The Morgan fingerprint density at radius 1 is 1.10 bits per heavy atom. The number of carbonyl (C=O) groups is 2. The van der Waals surface area contributed by atoms with Gasteiger partial charge in [-0.3, -0.25) is 4.79 Å². The van der Waals surface area contributed by atoms with Crippen molar-refractivity contribution in [3.8, 4) is 11.5 Å². The minimum Gasteiger partial charge on any atom is -0.490 e. The highest BCUT2D eigenvalue weighted by Gasteiger charge is 2.14. The zero-order valence-electron chi connectivity index (χ0n) is 17.3. The zero-order chi connectivity index (χ0) is 22.1. The van der Waals surface area contributed by atoms with Crippen molar-refractivity contribution < 1.29 is 19.1 Å². The fourth-order valence-corrected chi connectivity index (χ4v) is 3.27. The van der Waals surface area contributed by atoms with Gasteiger partial charge in [0.15, 0.2) is 11.5 Å². The molecule has 1 amide bonds. The lowest BCUT2D eigenvalue weighted by molar-refractivity contribution is -0.119. The second-order valence-corrected chi connectivity index (χ2v) is 7.42. The maximum absolute atomic E-state index is 12.2. The molecule has 0 spiro atoms. The predicted octanol–water partition coefficient (Wildman–Crippen LogP) is 4.24. The first kappa shape index (κ1) is 22.0. The highest BCUT2D eigenvalue weighted by Crippen LogP contribution is 2.29. The Kier molecular flexibility index (Phi) is 7.78. The normalized spacial score (nSPS) is 10.6. The van der Waals surface area contributed by atoms with Gasteiger partial charge >= 0.3 is 5.97 Å². The lowest BCUT2D eigenvalue weighted by atomic mass is 10.2. The Balaban J connectivity index is 1.58. The largest absolute Gasteiger partial charge is 0.490 e. The zero-order valence-corrected chi connectivity index (χ0v) is 18.1. The number of thiophene rings is 1. The summed E-state index contributed by atoms with van der Waals surface area (Å²) in [5.41, 5.74) is 5.12. The molecule has 1 aromatic heterocycles. The molecular weight excluding hydrogens is 414 g/mol. The maximum Gasteiger partial charge on any atom is 0.353 e. The molecule has 0 bridgehead atoms. The number of carbonyl (C=O) groups excluding carboxylic acids is 2. The second kappa shape index (κ2) is 10.9. The molecule has 0 unspecified atom stereocenters. The maximum atomic E-state index is 12.2. The molecule has 0 fully saturated rings. The highest BCUT2D eigenvalue weighted by molar-refractivity contribution is 7.12. The lowest BCUT2D eigenvalue weighted by Crippen LogP contribution is -2.26. The second-order valence-electron chi connectivity index (χ2n) is 6.47. The molecule has 0 radical (unpaired) electrons. The van der Waals surface area contributed by atoms with E-state index in [9.17, 15) is 9.59 Å². The van der Waals surface area contributed by atoms with Gasteiger partial charge in [-0.05, 0) is 60.7 Å². The number of benzene rings is 2. The van der Waals surface area contributed by atoms with Crippen molar-refractivity contribution >= 4 is 35.1 Å². The summed E-state index contributed by atoms with van der Waals surface area (Å²) >= 11 is 1.31. The minimum absolute atomic E-state index is 0.101. The molecule has 3 aromatic rings. The monoisotopic (exact) mass is 437 g/mol. The third kappa shape index (κ3) is 6.42. The Hall–Kier alpha value is -3.65. The summed E-state index contributed by atoms with van der Waals surface area (Å²) in [6, 6.07) is 16.3. The Labute approximate surface area is 184 Å². The first-order chi connectivity index (χ1) is 15.1. The summed E-state index contributed by atoms with van der Waals surface area (Å²) < 4.78 is 11.0. The number of hydrogen-bond donors (Lipinski definition) is 2. The average Bonchev–Trinajstić information content (AvgIpc) is 3.30. The van der Waals surface area contributed by atoms with E-state index >= 15 is 0 Å². The van der Waals surface area contributed by atoms with E-state index in [2.05, 4.69) is 15.8 Å². The van der Waals surface area contributed by atoms with Crippen molar-refractivity contribution in [3.05, 3.63) is 76.0 Å². The molecule has 7 nitrogen and oxygen atoms in total. The van der Waals surface area contributed by atoms with Crippen LogP contribution in [0.15, 0.2) is 65.1 Å². The third-order valence-corrected chi connectivity index (χ3v) is 5.03. The molecule has 0 saturated carbocycles. The molecule has 3 rings (SSSR count). The number of ether oxygens (including phenoxy) is 2. The van der Waals surface area contributed by atoms with Crippen LogP contribution in [0.4, 0.5) is 5.69 Å². The number of nitrogens with one attached hydrogen (secondary N) is 2. The third-order valence-electron chi connectivity index (χ3n) is 4.18. The van der Waals surface area contributed by atoms with Crippen molar-refractivity contribution in [2.24, 2.45) is 5.10 Å². The van der Waals surface area contributed by atoms with Gasteiger partial charge in [0.25, 0.3) is 5.91 Å². The summed E-state index contributed by atoms with van der Waals surface area (Å²) in [4.78, 5) is 24.7. The smallest absolute Gasteiger partial charge is 0.353 e. The van der Waals surface area contributed by atoms with Crippen molar-refractivity contribution in [2.45, 2.75) is 13.8 Å². The summed E-state index contributed by atoms with van der Waals surface area (Å²) in [6.45, 7) is 4.32. The van der Waals surface area contributed by atoms with E-state index < -0.39 is 5.97 Å². The van der Waals surface area contributed by atoms with Crippen LogP contribution in [0.25, 0.3) is 0 Å². The molecule has 2 aromatic carbocycles. The predicted molar refractivity (Wildman–Crippen MR) is 122 cm³/mol. The van der Waals surface area contributed by atoms with Gasteiger partial charge in [0, 0.05) is 5.69 Å². The van der Waals surface area contributed by atoms with E-state index in [0.29, 0.717) is 28.5 Å². The molecule has 8 heteroatoms. The average molecular weight is 438 g/mol. The van der Waals surface area contributed by atoms with E-state index in [1.807, 2.05) is 43.5 Å². The fraction of sp³-hybridized carbons (Fsp3) is 0.174. The van der Waals surface area contributed by atoms with Crippen molar-refractivity contribution in [1.82, 2.24) is 5.43 Å². The van der Waals surface area contributed by atoms with Crippen LogP contribution in [0.2, 0.25) is 0 Å². The van der Waals surface area contributed by atoms with Crippen LogP contribution in [-0.4, -0.2) is 31.2 Å². The first-order valence-corrected chi connectivity index (χ1v) is 10.6. The molecule has 2 N–H and O–H groups in total. The molecule has 0 aliphatic carbocycles. The first-order valence-electron chi connectivity index (χ1n) is 9.70. The van der Waals surface area contributed by atoms with Gasteiger partial charge in [-0.15, -0.1) is 11.3 Å². The number of nitrogens with zero attached hydrogens (tertiary/aromatic N) is 1. The van der Waals surface area contributed by atoms with E-state index in [1.165, 1.54) is 17.6 Å². The van der Waals surface area contributed by atoms with Gasteiger partial charge in [0.2, 0.25) is 0 Å². The minimum atomic E-state index is -0.439. The summed E-state index contributed by atoms with van der Waals surface area (Å²) in [6.07, 6.45) is 1.50. The molecular formula is C23H23N3O4S. The van der Waals surface area contributed by atoms with Crippen LogP contribution in [0.1, 0.15) is 27.7 Å². The van der Waals surface area contributed by atoms with Crippen LogP contribution >= 0.6 is 11.3 Å². The SMILES string of the molecule is CCOc1cc(C=NNC(=O)CNc2ccccc2C)ccc1OC(=O)c1cccs1. The number of amides is 1. The molecule has 0 aliphatic rings. The van der Waals surface area contributed by atoms with E-state index in [1.54, 1.807) is 30.3 Å². The summed E-state index contributed by atoms with van der Waals surface area (Å²) in [5.74, 6) is 0.0320. The molecule has 0 aliphatic heterocycles. The number of hydrogen-bond acceptors (Lipinski definition) is 7. The summed E-state index contributed by atoms with van der Waals surface area (Å²) in [5, 5.41) is 8.86. The van der Waals surface area contributed by atoms with Crippen LogP contribution in [0.3, 0.4) is 0 Å². The Morgan fingerprint density at radius 3 is 2.68 bits per heavy atom. The van der Waals surface area contributed by atoms with Gasteiger partial charge in [0.1, 0.15) is 4.88 Å². The van der Waals surface area contributed by atoms with E-state index in [0.717, 1.165) is 11.3 Å². The number of aryl methyl sites for hydroxylation is 1. The Morgan fingerprint density at radius 2 is 1.94 bits per heavy atom. The molecule has 0 atom stereocenters. The van der Waals surface area contributed by atoms with E-state index in [4.69, 9.17) is 9.47 Å². The van der Waals surface area contributed by atoms with Crippen molar-refractivity contribution in [3.63, 3.8) is 0 Å². The fourth-order valence-electron chi connectivity index (χ4n) is 2.67. The Bertz CT molecular complexity index is 1060. The van der Waals surface area contributed by atoms with Crippen LogP contribution in [-0.2, 0) is 4.79 Å². The van der Waals surface area contributed by atoms with Crippen LogP contribution in [0, 0.1) is 6.92 Å². The molecule has 31 heavy (non-hydrogen) atoms. The topological polar surface area (TPSA) is 89.0 Å².